The lowest BCUT2D eigenvalue weighted by Crippen LogP contribution is -2.65. The predicted octanol–water partition coefficient (Wildman–Crippen LogP) is 7.37. The number of carboxylic acids is 1. The fraction of sp³-hybridized carbons (Fsp3) is 0.333. The Labute approximate surface area is 361 Å². The predicted molar refractivity (Wildman–Crippen MR) is 232 cm³/mol. The first kappa shape index (κ1) is 43.1. The number of β-lactam (4-membered cyclic amide) rings is 1. The smallest absolute Gasteiger partial charge is 0.326 e. The van der Waals surface area contributed by atoms with Crippen LogP contribution in [0.4, 0.5) is 0 Å². The van der Waals surface area contributed by atoms with E-state index in [4.69, 9.17) is 25.8 Å². The quantitative estimate of drug-likeness (QED) is 0.0691. The Morgan fingerprint density at radius 1 is 0.934 bits per heavy atom. The number of aliphatic hydroxyl groups is 1. The molecule has 2 saturated heterocycles. The van der Waals surface area contributed by atoms with Gasteiger partial charge in [-0.25, -0.2) is 0 Å². The second kappa shape index (κ2) is 18.7. The third kappa shape index (κ3) is 9.99. The highest BCUT2D eigenvalue weighted by molar-refractivity contribution is 6.32. The van der Waals surface area contributed by atoms with Crippen LogP contribution in [0.2, 0.25) is 5.02 Å². The molecule has 7 rings (SSSR count). The van der Waals surface area contributed by atoms with E-state index in [2.05, 4.69) is 76.8 Å². The van der Waals surface area contributed by atoms with Gasteiger partial charge in [-0.2, -0.15) is 5.26 Å². The van der Waals surface area contributed by atoms with Crippen molar-refractivity contribution >= 4 is 23.5 Å². The number of halogens is 1. The number of ether oxygens (including phenoxy) is 3. The Kier molecular flexibility index (Phi) is 13.3. The van der Waals surface area contributed by atoms with E-state index < -0.39 is 18.1 Å². The SMILES string of the molecule is Cc1c(COc2cc(OCc3cncc(C#N)c3)c(CNC(C)(CO)C(=O)O)cc2Cl)cccc1-c1cccc(-c2ccc(OCCN3CCC4(CC3)CC(=O)N4)cc2)c1C. The fourth-order valence-electron chi connectivity index (χ4n) is 7.88. The number of nitriles is 1. The van der Waals surface area contributed by atoms with Crippen molar-refractivity contribution in [1.82, 2.24) is 20.5 Å². The number of nitrogens with one attached hydrogen (secondary N) is 2. The van der Waals surface area contributed by atoms with Crippen LogP contribution in [0.15, 0.2) is 91.3 Å². The molecule has 2 aliphatic heterocycles. The molecule has 5 aromatic rings. The summed E-state index contributed by atoms with van der Waals surface area (Å²) in [5.74, 6) is 0.543. The van der Waals surface area contributed by atoms with Gasteiger partial charge in [0.2, 0.25) is 5.91 Å². The molecule has 2 fully saturated rings. The van der Waals surface area contributed by atoms with Gasteiger partial charge in [0.25, 0.3) is 0 Å². The molecule has 12 nitrogen and oxygen atoms in total. The minimum Gasteiger partial charge on any atom is -0.492 e. The fourth-order valence-corrected chi connectivity index (χ4v) is 8.12. The average molecular weight is 844 g/mol. The van der Waals surface area contributed by atoms with Gasteiger partial charge in [0.1, 0.15) is 48.7 Å². The molecule has 13 heteroatoms. The second-order valence-corrected chi connectivity index (χ2v) is 16.5. The number of carboxylic acid groups (broad SMARTS) is 1. The Hall–Kier alpha value is -5.97. The topological polar surface area (TPSA) is 166 Å². The first-order chi connectivity index (χ1) is 29.4. The maximum atomic E-state index is 11.9. The standard InChI is InChI=1S/C48H50ClN5O7/c1-31-36(29-61-44-22-43(60-28-34-20-33(24-50)25-51-26-34)37(21-42(44)49)27-52-47(3,30-55)46(57)58)6-4-8-40(31)41-9-5-7-39(32(41)2)35-10-12-38(13-11-35)59-19-18-54-16-14-48(15-17-54)23-45(56)53-48/h4-13,20-22,25-26,52,55H,14-19,23,27-30H2,1-3H3,(H,53,56)(H,57,58). The van der Waals surface area contributed by atoms with E-state index in [9.17, 15) is 25.1 Å². The first-order valence-electron chi connectivity index (χ1n) is 20.4. The molecular weight excluding hydrogens is 794 g/mol. The normalized spacial score (nSPS) is 15.6. The van der Waals surface area contributed by atoms with E-state index in [1.165, 1.54) is 13.1 Å². The lowest BCUT2D eigenvalue weighted by atomic mass is 9.78. The zero-order valence-electron chi connectivity index (χ0n) is 34.6. The van der Waals surface area contributed by atoms with Crippen LogP contribution in [-0.2, 0) is 29.3 Å². The Morgan fingerprint density at radius 3 is 2.31 bits per heavy atom. The zero-order valence-corrected chi connectivity index (χ0v) is 35.3. The largest absolute Gasteiger partial charge is 0.492 e. The Bertz CT molecular complexity index is 2430. The molecule has 3 heterocycles. The van der Waals surface area contributed by atoms with Gasteiger partial charge in [-0.15, -0.1) is 0 Å². The number of carbonyl (C=O) groups is 2. The first-order valence-corrected chi connectivity index (χ1v) is 20.7. The number of carbonyl (C=O) groups excluding carboxylic acids is 1. The van der Waals surface area contributed by atoms with Crippen LogP contribution >= 0.6 is 11.6 Å². The number of benzene rings is 4. The van der Waals surface area contributed by atoms with Crippen molar-refractivity contribution in [2.75, 3.05) is 32.8 Å². The van der Waals surface area contributed by atoms with Gasteiger partial charge in [-0.3, -0.25) is 24.8 Å². The van der Waals surface area contributed by atoms with E-state index in [1.807, 2.05) is 24.3 Å². The van der Waals surface area contributed by atoms with Crippen LogP contribution in [0.5, 0.6) is 17.2 Å². The number of piperidine rings is 1. The van der Waals surface area contributed by atoms with Gasteiger partial charge >= 0.3 is 5.97 Å². The Morgan fingerprint density at radius 2 is 1.62 bits per heavy atom. The van der Waals surface area contributed by atoms with E-state index in [0.717, 1.165) is 77.2 Å². The molecule has 0 saturated carbocycles. The summed E-state index contributed by atoms with van der Waals surface area (Å²) in [6.07, 6.45) is 5.72. The van der Waals surface area contributed by atoms with Crippen molar-refractivity contribution in [3.8, 4) is 45.6 Å². The number of aliphatic hydroxyl groups excluding tert-OH is 1. The minimum absolute atomic E-state index is 0.0243. The number of hydrogen-bond acceptors (Lipinski definition) is 10. The molecule has 2 aliphatic rings. The van der Waals surface area contributed by atoms with Crippen molar-refractivity contribution in [3.05, 3.63) is 130 Å². The monoisotopic (exact) mass is 843 g/mol. The summed E-state index contributed by atoms with van der Waals surface area (Å²) in [5, 5.41) is 35.1. The summed E-state index contributed by atoms with van der Waals surface area (Å²) in [7, 11) is 0. The van der Waals surface area contributed by atoms with Gasteiger partial charge in [0.15, 0.2) is 0 Å². The van der Waals surface area contributed by atoms with Crippen LogP contribution in [0.1, 0.15) is 59.6 Å². The lowest BCUT2D eigenvalue weighted by Gasteiger charge is -2.47. The summed E-state index contributed by atoms with van der Waals surface area (Å²) >= 11 is 6.78. The molecule has 0 radical (unpaired) electrons. The molecular formula is C48H50ClN5O7. The van der Waals surface area contributed by atoms with Crippen molar-refractivity contribution in [2.45, 2.75) is 70.9 Å². The molecule has 1 amide bonds. The van der Waals surface area contributed by atoms with Crippen molar-refractivity contribution < 1.29 is 34.0 Å². The average Bonchev–Trinajstić information content (AvgIpc) is 3.26. The maximum Gasteiger partial charge on any atom is 0.326 e. The van der Waals surface area contributed by atoms with Gasteiger partial charge in [-0.1, -0.05) is 60.1 Å². The third-order valence-electron chi connectivity index (χ3n) is 11.9. The molecule has 1 atom stereocenters. The number of likely N-dealkylation sites (tertiary alicyclic amines) is 1. The minimum atomic E-state index is -1.60. The van der Waals surface area contributed by atoms with Crippen LogP contribution in [0, 0.1) is 25.2 Å². The Balaban J connectivity index is 1.03. The number of aliphatic carboxylic acids is 1. The summed E-state index contributed by atoms with van der Waals surface area (Å²) in [4.78, 5) is 29.8. The van der Waals surface area contributed by atoms with Gasteiger partial charge in [-0.05, 0) is 96.8 Å². The lowest BCUT2D eigenvalue weighted by molar-refractivity contribution is -0.146. The van der Waals surface area contributed by atoms with Crippen LogP contribution in [0.25, 0.3) is 22.3 Å². The van der Waals surface area contributed by atoms with Gasteiger partial charge in [0.05, 0.1) is 22.7 Å². The van der Waals surface area contributed by atoms with E-state index in [1.54, 1.807) is 24.4 Å². The molecule has 316 valence electrons. The van der Waals surface area contributed by atoms with Gasteiger partial charge in [0, 0.05) is 62.2 Å². The van der Waals surface area contributed by atoms with Crippen molar-refractivity contribution in [3.63, 3.8) is 0 Å². The van der Waals surface area contributed by atoms with Crippen LogP contribution < -0.4 is 24.8 Å². The third-order valence-corrected chi connectivity index (χ3v) is 12.2. The van der Waals surface area contributed by atoms with Crippen LogP contribution in [0.3, 0.4) is 0 Å². The maximum absolute atomic E-state index is 11.9. The number of hydrogen-bond donors (Lipinski definition) is 4. The summed E-state index contributed by atoms with van der Waals surface area (Å²) in [5.41, 5.74) is 7.63. The molecule has 1 unspecified atom stereocenters. The molecule has 4 aromatic carbocycles. The van der Waals surface area contributed by atoms with Crippen LogP contribution in [-0.4, -0.2) is 75.9 Å². The molecule has 1 aromatic heterocycles. The van der Waals surface area contributed by atoms with E-state index >= 15 is 0 Å². The highest BCUT2D eigenvalue weighted by Gasteiger charge is 2.44. The highest BCUT2D eigenvalue weighted by Crippen LogP contribution is 2.38. The number of aromatic nitrogens is 1. The summed E-state index contributed by atoms with van der Waals surface area (Å²) < 4.78 is 18.7. The van der Waals surface area contributed by atoms with Gasteiger partial charge < -0.3 is 29.7 Å². The zero-order chi connectivity index (χ0) is 43.1. The molecule has 4 N–H and O–H groups in total. The summed E-state index contributed by atoms with van der Waals surface area (Å²) in [6, 6.07) is 27.8. The van der Waals surface area contributed by atoms with Crippen molar-refractivity contribution in [2.24, 2.45) is 0 Å². The second-order valence-electron chi connectivity index (χ2n) is 16.1. The van der Waals surface area contributed by atoms with E-state index in [-0.39, 0.29) is 31.2 Å². The highest BCUT2D eigenvalue weighted by atomic mass is 35.5. The number of nitrogens with zero attached hydrogens (tertiary/aromatic N) is 3. The number of pyridine rings is 1. The molecule has 1 spiro atoms. The molecule has 61 heavy (non-hydrogen) atoms. The van der Waals surface area contributed by atoms with Crippen molar-refractivity contribution in [1.29, 1.82) is 5.26 Å². The number of rotatable bonds is 17. The van der Waals surface area contributed by atoms with E-state index in [0.29, 0.717) is 46.2 Å². The summed E-state index contributed by atoms with van der Waals surface area (Å²) in [6.45, 7) is 8.68. The number of amides is 1. The molecule has 0 bridgehead atoms. The molecule has 0 aliphatic carbocycles.